The summed E-state index contributed by atoms with van der Waals surface area (Å²) in [6.07, 6.45) is 5.40. The van der Waals surface area contributed by atoms with Crippen LogP contribution in [0.3, 0.4) is 0 Å². The van der Waals surface area contributed by atoms with Gasteiger partial charge in [-0.25, -0.2) is 0 Å². The first-order valence-electron chi connectivity index (χ1n) is 6.22. The Kier molecular flexibility index (Phi) is 3.89. The molecular weight excluding hydrogens is 216 g/mol. The highest BCUT2D eigenvalue weighted by atomic mass is 16.5. The molecule has 3 heteroatoms. The summed E-state index contributed by atoms with van der Waals surface area (Å²) in [5, 5.41) is 9.55. The van der Waals surface area contributed by atoms with Crippen molar-refractivity contribution >= 4 is 0 Å². The van der Waals surface area contributed by atoms with Crippen LogP contribution in [0.15, 0.2) is 24.3 Å². The van der Waals surface area contributed by atoms with Crippen molar-refractivity contribution in [3.63, 3.8) is 0 Å². The number of hydrogen-bond acceptors (Lipinski definition) is 3. The monoisotopic (exact) mass is 236 g/mol. The normalized spacial score (nSPS) is 18.7. The van der Waals surface area contributed by atoms with Gasteiger partial charge in [-0.05, 0) is 49.9 Å². The second kappa shape index (κ2) is 5.41. The van der Waals surface area contributed by atoms with E-state index in [2.05, 4.69) is 0 Å². The van der Waals surface area contributed by atoms with Gasteiger partial charge < -0.3 is 14.6 Å². The van der Waals surface area contributed by atoms with Crippen molar-refractivity contribution in [2.75, 3.05) is 13.7 Å². The molecule has 0 unspecified atom stereocenters. The first-order valence-corrected chi connectivity index (χ1v) is 6.22. The number of ether oxygens (including phenoxy) is 2. The number of rotatable bonds is 4. The van der Waals surface area contributed by atoms with Crippen LogP contribution in [0.1, 0.15) is 32.1 Å². The zero-order valence-electron chi connectivity index (χ0n) is 10.3. The van der Waals surface area contributed by atoms with Crippen LogP contribution in [0.5, 0.6) is 11.5 Å². The van der Waals surface area contributed by atoms with Crippen LogP contribution < -0.4 is 9.47 Å². The number of aliphatic hydroxyl groups is 1. The average Bonchev–Trinajstić information content (AvgIpc) is 2.41. The fraction of sp³-hybridized carbons (Fsp3) is 0.571. The molecule has 1 aromatic carbocycles. The molecule has 0 amide bonds. The lowest BCUT2D eigenvalue weighted by Gasteiger charge is -2.36. The highest BCUT2D eigenvalue weighted by Gasteiger charge is 2.33. The van der Waals surface area contributed by atoms with Gasteiger partial charge in [0.1, 0.15) is 17.1 Å². The van der Waals surface area contributed by atoms with Crippen molar-refractivity contribution in [2.45, 2.75) is 37.7 Å². The van der Waals surface area contributed by atoms with Crippen LogP contribution in [0, 0.1) is 0 Å². The third-order valence-corrected chi connectivity index (χ3v) is 3.45. The van der Waals surface area contributed by atoms with Gasteiger partial charge in [0.15, 0.2) is 0 Å². The number of benzene rings is 1. The second-order valence-corrected chi connectivity index (χ2v) is 4.68. The third-order valence-electron chi connectivity index (χ3n) is 3.45. The van der Waals surface area contributed by atoms with Crippen LogP contribution in [0.4, 0.5) is 0 Å². The lowest BCUT2D eigenvalue weighted by atomic mass is 9.85. The molecule has 0 saturated heterocycles. The van der Waals surface area contributed by atoms with Gasteiger partial charge in [-0.2, -0.15) is 0 Å². The Labute approximate surface area is 102 Å². The molecular formula is C14H20O3. The molecule has 0 spiro atoms. The summed E-state index contributed by atoms with van der Waals surface area (Å²) >= 11 is 0. The smallest absolute Gasteiger partial charge is 0.132 e. The Morgan fingerprint density at radius 1 is 1.06 bits per heavy atom. The summed E-state index contributed by atoms with van der Waals surface area (Å²) < 4.78 is 11.1. The molecule has 1 N–H and O–H groups in total. The van der Waals surface area contributed by atoms with Gasteiger partial charge in [0.05, 0.1) is 13.7 Å². The molecule has 3 nitrogen and oxygen atoms in total. The van der Waals surface area contributed by atoms with E-state index < -0.39 is 0 Å². The summed E-state index contributed by atoms with van der Waals surface area (Å²) in [7, 11) is 1.65. The van der Waals surface area contributed by atoms with E-state index >= 15 is 0 Å². The lowest BCUT2D eigenvalue weighted by Crippen LogP contribution is -2.41. The number of methoxy groups -OCH3 is 1. The Morgan fingerprint density at radius 2 is 1.65 bits per heavy atom. The molecule has 1 aliphatic carbocycles. The van der Waals surface area contributed by atoms with Crippen LogP contribution in [-0.4, -0.2) is 24.4 Å². The summed E-state index contributed by atoms with van der Waals surface area (Å²) in [4.78, 5) is 0. The van der Waals surface area contributed by atoms with Gasteiger partial charge in [-0.1, -0.05) is 6.42 Å². The fourth-order valence-corrected chi connectivity index (χ4v) is 2.38. The van der Waals surface area contributed by atoms with E-state index in [0.717, 1.165) is 37.2 Å². The highest BCUT2D eigenvalue weighted by Crippen LogP contribution is 2.33. The van der Waals surface area contributed by atoms with Gasteiger partial charge in [-0.3, -0.25) is 0 Å². The molecule has 17 heavy (non-hydrogen) atoms. The quantitative estimate of drug-likeness (QED) is 0.873. The van der Waals surface area contributed by atoms with E-state index in [1.54, 1.807) is 7.11 Å². The van der Waals surface area contributed by atoms with Crippen molar-refractivity contribution in [1.29, 1.82) is 0 Å². The van der Waals surface area contributed by atoms with E-state index in [-0.39, 0.29) is 12.2 Å². The molecule has 2 rings (SSSR count). The minimum absolute atomic E-state index is 0.0963. The fourth-order valence-electron chi connectivity index (χ4n) is 2.38. The molecule has 0 radical (unpaired) electrons. The lowest BCUT2D eigenvalue weighted by molar-refractivity contribution is -0.0198. The summed E-state index contributed by atoms with van der Waals surface area (Å²) in [5.74, 6) is 1.63. The maximum absolute atomic E-state index is 9.55. The zero-order valence-corrected chi connectivity index (χ0v) is 10.3. The van der Waals surface area contributed by atoms with Crippen molar-refractivity contribution in [3.8, 4) is 11.5 Å². The second-order valence-electron chi connectivity index (χ2n) is 4.68. The molecule has 0 atom stereocenters. The molecule has 1 aromatic rings. The van der Waals surface area contributed by atoms with Gasteiger partial charge >= 0.3 is 0 Å². The molecule has 0 heterocycles. The Morgan fingerprint density at radius 3 is 2.18 bits per heavy atom. The average molecular weight is 236 g/mol. The van der Waals surface area contributed by atoms with Gasteiger partial charge in [-0.15, -0.1) is 0 Å². The van der Waals surface area contributed by atoms with Crippen LogP contribution >= 0.6 is 0 Å². The van der Waals surface area contributed by atoms with Crippen molar-refractivity contribution in [2.24, 2.45) is 0 Å². The highest BCUT2D eigenvalue weighted by molar-refractivity contribution is 5.31. The zero-order chi connectivity index (χ0) is 12.1. The molecule has 0 aliphatic heterocycles. The first kappa shape index (κ1) is 12.2. The predicted octanol–water partition coefficient (Wildman–Crippen LogP) is 2.77. The van der Waals surface area contributed by atoms with Gasteiger partial charge in [0.25, 0.3) is 0 Å². The molecule has 1 fully saturated rings. The Bertz CT molecular complexity index is 339. The molecule has 1 aliphatic rings. The van der Waals surface area contributed by atoms with Crippen molar-refractivity contribution in [1.82, 2.24) is 0 Å². The van der Waals surface area contributed by atoms with Crippen LogP contribution in [0.2, 0.25) is 0 Å². The summed E-state index contributed by atoms with van der Waals surface area (Å²) in [6, 6.07) is 7.54. The minimum Gasteiger partial charge on any atom is -0.497 e. The van der Waals surface area contributed by atoms with E-state index in [9.17, 15) is 5.11 Å². The Balaban J connectivity index is 2.06. The Hall–Kier alpha value is -1.22. The maximum Gasteiger partial charge on any atom is 0.132 e. The van der Waals surface area contributed by atoms with E-state index in [4.69, 9.17) is 9.47 Å². The minimum atomic E-state index is -0.368. The van der Waals surface area contributed by atoms with E-state index in [1.165, 1.54) is 6.42 Å². The summed E-state index contributed by atoms with van der Waals surface area (Å²) in [6.45, 7) is 0.0963. The molecule has 1 saturated carbocycles. The number of aliphatic hydroxyl groups excluding tert-OH is 1. The van der Waals surface area contributed by atoms with Crippen LogP contribution in [-0.2, 0) is 0 Å². The van der Waals surface area contributed by atoms with E-state index in [1.807, 2.05) is 24.3 Å². The molecule has 94 valence electrons. The molecule has 0 aromatic heterocycles. The largest absolute Gasteiger partial charge is 0.497 e. The van der Waals surface area contributed by atoms with E-state index in [0.29, 0.717) is 0 Å². The maximum atomic E-state index is 9.55. The first-order chi connectivity index (χ1) is 8.28. The van der Waals surface area contributed by atoms with Crippen LogP contribution in [0.25, 0.3) is 0 Å². The third kappa shape index (κ3) is 2.91. The number of hydrogen-bond donors (Lipinski definition) is 1. The van der Waals surface area contributed by atoms with Crippen molar-refractivity contribution < 1.29 is 14.6 Å². The predicted molar refractivity (Wildman–Crippen MR) is 66.5 cm³/mol. The van der Waals surface area contributed by atoms with Gasteiger partial charge in [0.2, 0.25) is 0 Å². The van der Waals surface area contributed by atoms with Crippen molar-refractivity contribution in [3.05, 3.63) is 24.3 Å². The SMILES string of the molecule is COc1ccc(OC2(CO)CCCCC2)cc1. The topological polar surface area (TPSA) is 38.7 Å². The summed E-state index contributed by atoms with van der Waals surface area (Å²) in [5.41, 5.74) is -0.368. The van der Waals surface area contributed by atoms with Gasteiger partial charge in [0, 0.05) is 0 Å². The standard InChI is InChI=1S/C14H20O3/c1-16-12-5-7-13(8-6-12)17-14(11-15)9-3-2-4-10-14/h5-8,15H,2-4,9-11H2,1H3. The molecule has 0 bridgehead atoms.